The Hall–Kier alpha value is -2.10. The Kier molecular flexibility index (Phi) is 3.69. The Bertz CT molecular complexity index is 615. The number of hydrogen-bond donors (Lipinski definition) is 1. The molecule has 0 aliphatic heterocycles. The number of aliphatic carboxylic acids is 1. The van der Waals surface area contributed by atoms with Gasteiger partial charge in [0.15, 0.2) is 0 Å². The maximum atomic E-state index is 10.6. The van der Waals surface area contributed by atoms with Gasteiger partial charge < -0.3 is 9.67 Å². The molecule has 1 aromatic heterocycles. The third-order valence-electron chi connectivity index (χ3n) is 3.30. The summed E-state index contributed by atoms with van der Waals surface area (Å²) in [5.74, 6) is 0.00782. The lowest BCUT2D eigenvalue weighted by Gasteiger charge is -2.09. The van der Waals surface area contributed by atoms with Crippen LogP contribution in [-0.4, -0.2) is 20.6 Å². The molecule has 0 aliphatic rings. The second kappa shape index (κ2) is 5.26. The number of carboxylic acid groups (broad SMARTS) is 1. The number of imidazole rings is 1. The lowest BCUT2D eigenvalue weighted by molar-refractivity contribution is -0.137. The number of carboxylic acids is 1. The summed E-state index contributed by atoms with van der Waals surface area (Å²) in [5, 5.41) is 8.73. The van der Waals surface area contributed by atoms with Crippen molar-refractivity contribution in [3.05, 3.63) is 41.3 Å². The van der Waals surface area contributed by atoms with Crippen molar-refractivity contribution in [3.8, 4) is 11.3 Å². The molecular formula is C15H18N2O2. The van der Waals surface area contributed by atoms with Crippen LogP contribution >= 0.6 is 0 Å². The van der Waals surface area contributed by atoms with Gasteiger partial charge in [0.2, 0.25) is 0 Å². The molecule has 1 heterocycles. The molecule has 100 valence electrons. The van der Waals surface area contributed by atoms with E-state index in [2.05, 4.69) is 37.0 Å². The van der Waals surface area contributed by atoms with Gasteiger partial charge in [0, 0.05) is 19.0 Å². The molecule has 0 atom stereocenters. The molecule has 0 unspecified atom stereocenters. The van der Waals surface area contributed by atoms with E-state index in [0.717, 1.165) is 17.1 Å². The third-order valence-corrected chi connectivity index (χ3v) is 3.30. The third kappa shape index (κ3) is 2.84. The zero-order valence-corrected chi connectivity index (χ0v) is 11.5. The minimum absolute atomic E-state index is 0.108. The molecule has 4 nitrogen and oxygen atoms in total. The van der Waals surface area contributed by atoms with Crippen molar-refractivity contribution in [1.29, 1.82) is 0 Å². The average molecular weight is 258 g/mol. The Morgan fingerprint density at radius 3 is 2.74 bits per heavy atom. The van der Waals surface area contributed by atoms with Gasteiger partial charge in [-0.05, 0) is 19.4 Å². The summed E-state index contributed by atoms with van der Waals surface area (Å²) >= 11 is 0. The summed E-state index contributed by atoms with van der Waals surface area (Å²) in [6.45, 7) is 4.14. The predicted molar refractivity (Wildman–Crippen MR) is 74.1 cm³/mol. The quantitative estimate of drug-likeness (QED) is 0.917. The Labute approximate surface area is 112 Å². The SMILES string of the molecule is Cc1ccc(-c2cnc(CCC(=O)O)n2C)c(C)c1. The van der Waals surface area contributed by atoms with E-state index in [1.807, 2.05) is 17.8 Å². The molecule has 2 aromatic rings. The summed E-state index contributed by atoms with van der Waals surface area (Å²) in [4.78, 5) is 14.9. The summed E-state index contributed by atoms with van der Waals surface area (Å²) < 4.78 is 1.97. The fourth-order valence-electron chi connectivity index (χ4n) is 2.25. The largest absolute Gasteiger partial charge is 0.481 e. The zero-order chi connectivity index (χ0) is 14.0. The first-order valence-corrected chi connectivity index (χ1v) is 6.29. The lowest BCUT2D eigenvalue weighted by Crippen LogP contribution is -2.04. The lowest BCUT2D eigenvalue weighted by atomic mass is 10.0. The van der Waals surface area contributed by atoms with E-state index in [-0.39, 0.29) is 6.42 Å². The van der Waals surface area contributed by atoms with Crippen molar-refractivity contribution < 1.29 is 9.90 Å². The second-order valence-electron chi connectivity index (χ2n) is 4.83. The minimum atomic E-state index is -0.795. The fraction of sp³-hybridized carbons (Fsp3) is 0.333. The highest BCUT2D eigenvalue weighted by molar-refractivity contribution is 5.67. The molecule has 0 amide bonds. The topological polar surface area (TPSA) is 55.1 Å². The van der Waals surface area contributed by atoms with Crippen LogP contribution in [-0.2, 0) is 18.3 Å². The van der Waals surface area contributed by atoms with Gasteiger partial charge >= 0.3 is 5.97 Å². The summed E-state index contributed by atoms with van der Waals surface area (Å²) in [7, 11) is 1.93. The molecule has 0 saturated heterocycles. The molecule has 1 N–H and O–H groups in total. The molecular weight excluding hydrogens is 240 g/mol. The summed E-state index contributed by atoms with van der Waals surface area (Å²) in [6.07, 6.45) is 2.38. The molecule has 4 heteroatoms. The first-order valence-electron chi connectivity index (χ1n) is 6.29. The van der Waals surface area contributed by atoms with E-state index in [0.29, 0.717) is 6.42 Å². The summed E-state index contributed by atoms with van der Waals surface area (Å²) in [5.41, 5.74) is 4.60. The van der Waals surface area contributed by atoms with E-state index in [9.17, 15) is 4.79 Å². The van der Waals surface area contributed by atoms with Crippen molar-refractivity contribution in [1.82, 2.24) is 9.55 Å². The maximum Gasteiger partial charge on any atom is 0.303 e. The smallest absolute Gasteiger partial charge is 0.303 e. The van der Waals surface area contributed by atoms with Crippen LogP contribution in [0.3, 0.4) is 0 Å². The molecule has 0 radical (unpaired) electrons. The van der Waals surface area contributed by atoms with Crippen LogP contribution in [0.1, 0.15) is 23.4 Å². The van der Waals surface area contributed by atoms with Gasteiger partial charge in [-0.1, -0.05) is 23.8 Å². The standard InChI is InChI=1S/C15H18N2O2/c1-10-4-5-12(11(2)8-10)13-9-16-14(17(13)3)6-7-15(18)19/h4-5,8-9H,6-7H2,1-3H3,(H,18,19). The average Bonchev–Trinajstić information content (AvgIpc) is 2.68. The van der Waals surface area contributed by atoms with Gasteiger partial charge in [0.1, 0.15) is 5.82 Å². The van der Waals surface area contributed by atoms with Gasteiger partial charge in [-0.2, -0.15) is 0 Å². The van der Waals surface area contributed by atoms with E-state index in [1.54, 1.807) is 0 Å². The first kappa shape index (κ1) is 13.3. The van der Waals surface area contributed by atoms with Crippen LogP contribution in [0, 0.1) is 13.8 Å². The number of rotatable bonds is 4. The van der Waals surface area contributed by atoms with Gasteiger partial charge in [0.25, 0.3) is 0 Å². The van der Waals surface area contributed by atoms with E-state index >= 15 is 0 Å². The number of aromatic nitrogens is 2. The highest BCUT2D eigenvalue weighted by Gasteiger charge is 2.11. The number of benzene rings is 1. The monoisotopic (exact) mass is 258 g/mol. The van der Waals surface area contributed by atoms with Gasteiger partial charge in [-0.3, -0.25) is 4.79 Å². The van der Waals surface area contributed by atoms with Crippen LogP contribution in [0.5, 0.6) is 0 Å². The van der Waals surface area contributed by atoms with Crippen molar-refractivity contribution in [2.75, 3.05) is 0 Å². The Morgan fingerprint density at radius 2 is 2.11 bits per heavy atom. The molecule has 0 spiro atoms. The number of carbonyl (C=O) groups is 1. The molecule has 0 aliphatic carbocycles. The fourth-order valence-corrected chi connectivity index (χ4v) is 2.25. The Balaban J connectivity index is 2.33. The van der Waals surface area contributed by atoms with Crippen LogP contribution < -0.4 is 0 Å². The molecule has 0 fully saturated rings. The summed E-state index contributed by atoms with van der Waals surface area (Å²) in [6, 6.07) is 6.30. The van der Waals surface area contributed by atoms with Crippen LogP contribution in [0.4, 0.5) is 0 Å². The van der Waals surface area contributed by atoms with Crippen molar-refractivity contribution >= 4 is 5.97 Å². The molecule has 0 saturated carbocycles. The molecule has 0 bridgehead atoms. The van der Waals surface area contributed by atoms with Crippen molar-refractivity contribution in [2.24, 2.45) is 7.05 Å². The van der Waals surface area contributed by atoms with E-state index in [4.69, 9.17) is 5.11 Å². The number of hydrogen-bond acceptors (Lipinski definition) is 2. The van der Waals surface area contributed by atoms with Crippen molar-refractivity contribution in [3.63, 3.8) is 0 Å². The van der Waals surface area contributed by atoms with Crippen LogP contribution in [0.15, 0.2) is 24.4 Å². The second-order valence-corrected chi connectivity index (χ2v) is 4.83. The van der Waals surface area contributed by atoms with Gasteiger partial charge in [-0.15, -0.1) is 0 Å². The highest BCUT2D eigenvalue weighted by atomic mass is 16.4. The highest BCUT2D eigenvalue weighted by Crippen LogP contribution is 2.24. The van der Waals surface area contributed by atoms with Gasteiger partial charge in [0.05, 0.1) is 18.3 Å². The Morgan fingerprint density at radius 1 is 1.37 bits per heavy atom. The van der Waals surface area contributed by atoms with Gasteiger partial charge in [-0.25, -0.2) is 4.98 Å². The zero-order valence-electron chi connectivity index (χ0n) is 11.5. The van der Waals surface area contributed by atoms with Crippen molar-refractivity contribution in [2.45, 2.75) is 26.7 Å². The normalized spacial score (nSPS) is 10.7. The number of nitrogens with zero attached hydrogens (tertiary/aromatic N) is 2. The molecule has 1 aromatic carbocycles. The maximum absolute atomic E-state index is 10.6. The minimum Gasteiger partial charge on any atom is -0.481 e. The first-order chi connectivity index (χ1) is 8.99. The predicted octanol–water partition coefficient (Wildman–Crippen LogP) is 2.72. The number of aryl methyl sites for hydroxylation is 3. The molecule has 2 rings (SSSR count). The van der Waals surface area contributed by atoms with E-state index in [1.165, 1.54) is 11.1 Å². The molecule has 19 heavy (non-hydrogen) atoms. The van der Waals surface area contributed by atoms with E-state index < -0.39 is 5.97 Å². The van der Waals surface area contributed by atoms with Crippen LogP contribution in [0.2, 0.25) is 0 Å². The van der Waals surface area contributed by atoms with Crippen LogP contribution in [0.25, 0.3) is 11.3 Å².